The van der Waals surface area contributed by atoms with Crippen molar-refractivity contribution in [3.05, 3.63) is 16.8 Å². The highest BCUT2D eigenvalue weighted by Gasteiger charge is 2.34. The minimum atomic E-state index is -0.573. The van der Waals surface area contributed by atoms with Crippen LogP contribution in [0.3, 0.4) is 0 Å². The summed E-state index contributed by atoms with van der Waals surface area (Å²) < 4.78 is 11.7. The van der Waals surface area contributed by atoms with Crippen LogP contribution >= 0.6 is 11.3 Å². The minimum absolute atomic E-state index is 0.192. The summed E-state index contributed by atoms with van der Waals surface area (Å²) in [6.07, 6.45) is 8.16. The molecule has 2 aromatic heterocycles. The van der Waals surface area contributed by atoms with E-state index in [-0.39, 0.29) is 12.0 Å². The molecule has 158 valence electrons. The third-order valence-corrected chi connectivity index (χ3v) is 7.62. The van der Waals surface area contributed by atoms with Gasteiger partial charge in [-0.3, -0.25) is 4.79 Å². The fourth-order valence-electron chi connectivity index (χ4n) is 4.79. The van der Waals surface area contributed by atoms with Crippen LogP contribution in [0, 0.1) is 0 Å². The van der Waals surface area contributed by atoms with Crippen LogP contribution < -0.4 is 10.5 Å². The maximum absolute atomic E-state index is 11.7. The van der Waals surface area contributed by atoms with Crippen LogP contribution in [0.4, 0.5) is 0 Å². The van der Waals surface area contributed by atoms with Gasteiger partial charge in [-0.25, -0.2) is 9.97 Å². The number of carbonyl (C=O) groups is 1. The SMILES string of the molecule is CO[C@H](C[C@H]1CCc2sc3ncnc(OC4CCC(N(C)C)CC4)c3c21)C(N)=O. The summed E-state index contributed by atoms with van der Waals surface area (Å²) in [6, 6.07) is 0.634. The lowest BCUT2D eigenvalue weighted by molar-refractivity contribution is -0.128. The van der Waals surface area contributed by atoms with Crippen molar-refractivity contribution < 1.29 is 14.3 Å². The molecule has 1 fully saturated rings. The zero-order chi connectivity index (χ0) is 20.5. The zero-order valence-electron chi connectivity index (χ0n) is 17.4. The first kappa shape index (κ1) is 20.5. The molecular formula is C21H30N4O3S. The van der Waals surface area contributed by atoms with E-state index in [4.69, 9.17) is 15.2 Å². The molecule has 2 atom stereocenters. The van der Waals surface area contributed by atoms with Crippen molar-refractivity contribution in [1.29, 1.82) is 0 Å². The predicted octanol–water partition coefficient (Wildman–Crippen LogP) is 2.86. The highest BCUT2D eigenvalue weighted by Crippen LogP contribution is 2.48. The van der Waals surface area contributed by atoms with Crippen LogP contribution in [0.2, 0.25) is 0 Å². The van der Waals surface area contributed by atoms with Crippen molar-refractivity contribution in [3.63, 3.8) is 0 Å². The number of ether oxygens (including phenoxy) is 2. The molecule has 1 amide bonds. The molecule has 4 rings (SSSR count). The molecule has 2 aliphatic carbocycles. The average molecular weight is 419 g/mol. The molecule has 0 unspecified atom stereocenters. The smallest absolute Gasteiger partial charge is 0.246 e. The van der Waals surface area contributed by atoms with Crippen molar-refractivity contribution in [2.24, 2.45) is 5.73 Å². The fraction of sp³-hybridized carbons (Fsp3) is 0.667. The summed E-state index contributed by atoms with van der Waals surface area (Å²) in [5.74, 6) is 0.501. The second kappa shape index (κ2) is 8.53. The highest BCUT2D eigenvalue weighted by molar-refractivity contribution is 7.19. The molecule has 2 aromatic rings. The summed E-state index contributed by atoms with van der Waals surface area (Å²) in [5.41, 5.74) is 6.75. The topological polar surface area (TPSA) is 90.6 Å². The zero-order valence-corrected chi connectivity index (χ0v) is 18.2. The van der Waals surface area contributed by atoms with E-state index in [1.807, 2.05) is 0 Å². The number of amides is 1. The molecule has 0 saturated heterocycles. The van der Waals surface area contributed by atoms with Crippen molar-refractivity contribution in [2.75, 3.05) is 21.2 Å². The third-order valence-electron chi connectivity index (χ3n) is 6.45. The van der Waals surface area contributed by atoms with Gasteiger partial charge in [-0.1, -0.05) is 0 Å². The highest BCUT2D eigenvalue weighted by atomic mass is 32.1. The molecule has 2 aliphatic rings. The van der Waals surface area contributed by atoms with Crippen molar-refractivity contribution in [1.82, 2.24) is 14.9 Å². The van der Waals surface area contributed by atoms with Gasteiger partial charge in [0.15, 0.2) is 0 Å². The number of aryl methyl sites for hydroxylation is 1. The Labute approximate surface area is 175 Å². The predicted molar refractivity (Wildman–Crippen MR) is 113 cm³/mol. The maximum Gasteiger partial charge on any atom is 0.246 e. The monoisotopic (exact) mass is 418 g/mol. The van der Waals surface area contributed by atoms with Gasteiger partial charge < -0.3 is 20.1 Å². The number of aromatic nitrogens is 2. The van der Waals surface area contributed by atoms with E-state index in [1.165, 1.54) is 10.4 Å². The number of nitrogens with two attached hydrogens (primary N) is 1. The van der Waals surface area contributed by atoms with Gasteiger partial charge in [0.05, 0.1) is 5.39 Å². The number of methoxy groups -OCH3 is 1. The molecule has 0 radical (unpaired) electrons. The molecule has 0 bridgehead atoms. The van der Waals surface area contributed by atoms with E-state index in [9.17, 15) is 4.79 Å². The summed E-state index contributed by atoms with van der Waals surface area (Å²) in [4.78, 5) is 25.3. The molecule has 0 aliphatic heterocycles. The van der Waals surface area contributed by atoms with E-state index >= 15 is 0 Å². The van der Waals surface area contributed by atoms with E-state index in [2.05, 4.69) is 29.0 Å². The first-order valence-electron chi connectivity index (χ1n) is 10.4. The molecule has 8 heteroatoms. The van der Waals surface area contributed by atoms with E-state index in [0.29, 0.717) is 18.3 Å². The molecule has 2 heterocycles. The Bertz CT molecular complexity index is 876. The van der Waals surface area contributed by atoms with Gasteiger partial charge in [0.25, 0.3) is 0 Å². The summed E-state index contributed by atoms with van der Waals surface area (Å²) in [5, 5.41) is 1.03. The standard InChI is InChI=1S/C21H30N4O3S/c1-25(2)13-5-7-14(8-6-13)28-20-18-17-12(10-15(27-3)19(22)26)4-9-16(17)29-21(18)24-11-23-20/h11-15H,4-10H2,1-3H3,(H2,22,26)/t12-,13?,14?,15-/m1/s1. The van der Waals surface area contributed by atoms with Crippen molar-refractivity contribution in [3.8, 4) is 5.88 Å². The molecule has 0 spiro atoms. The Balaban J connectivity index is 1.58. The number of rotatable bonds is 7. The largest absolute Gasteiger partial charge is 0.474 e. The molecule has 1 saturated carbocycles. The van der Waals surface area contributed by atoms with E-state index < -0.39 is 12.0 Å². The van der Waals surface area contributed by atoms with Gasteiger partial charge in [-0.15, -0.1) is 11.3 Å². The third kappa shape index (κ3) is 4.11. The van der Waals surface area contributed by atoms with Crippen LogP contribution in [-0.2, 0) is 16.0 Å². The average Bonchev–Trinajstić information content (AvgIpc) is 3.26. The number of hydrogen-bond donors (Lipinski definition) is 1. The van der Waals surface area contributed by atoms with Gasteiger partial charge in [-0.2, -0.15) is 0 Å². The first-order chi connectivity index (χ1) is 14.0. The quantitative estimate of drug-likeness (QED) is 0.744. The van der Waals surface area contributed by atoms with Gasteiger partial charge >= 0.3 is 0 Å². The number of hydrogen-bond acceptors (Lipinski definition) is 7. The summed E-state index contributed by atoms with van der Waals surface area (Å²) in [7, 11) is 5.83. The Kier molecular flexibility index (Phi) is 6.03. The van der Waals surface area contributed by atoms with Gasteiger partial charge in [0.1, 0.15) is 23.4 Å². The number of thiophene rings is 1. The van der Waals surface area contributed by atoms with E-state index in [0.717, 1.165) is 48.7 Å². The lowest BCUT2D eigenvalue weighted by atomic mass is 9.92. The Morgan fingerprint density at radius 2 is 2.03 bits per heavy atom. The van der Waals surface area contributed by atoms with Crippen LogP contribution in [0.5, 0.6) is 5.88 Å². The second-order valence-corrected chi connectivity index (χ2v) is 9.49. The number of primary amides is 1. The minimum Gasteiger partial charge on any atom is -0.474 e. The van der Waals surface area contributed by atoms with Gasteiger partial charge in [0.2, 0.25) is 11.8 Å². The fourth-order valence-corrected chi connectivity index (χ4v) is 6.02. The second-order valence-electron chi connectivity index (χ2n) is 8.41. The summed E-state index contributed by atoms with van der Waals surface area (Å²) in [6.45, 7) is 0. The normalized spacial score (nSPS) is 25.3. The maximum atomic E-state index is 11.7. The summed E-state index contributed by atoms with van der Waals surface area (Å²) >= 11 is 1.72. The molecule has 29 heavy (non-hydrogen) atoms. The Morgan fingerprint density at radius 3 is 2.69 bits per heavy atom. The number of nitrogens with zero attached hydrogens (tertiary/aromatic N) is 3. The molecular weight excluding hydrogens is 388 g/mol. The molecule has 7 nitrogen and oxygen atoms in total. The van der Waals surface area contributed by atoms with Gasteiger partial charge in [-0.05, 0) is 70.5 Å². The van der Waals surface area contributed by atoms with Crippen LogP contribution in [0.15, 0.2) is 6.33 Å². The van der Waals surface area contributed by atoms with Gasteiger partial charge in [0, 0.05) is 18.0 Å². The van der Waals surface area contributed by atoms with Crippen LogP contribution in [-0.4, -0.2) is 60.2 Å². The van der Waals surface area contributed by atoms with Crippen LogP contribution in [0.25, 0.3) is 10.2 Å². The van der Waals surface area contributed by atoms with Crippen molar-refractivity contribution >= 4 is 27.5 Å². The number of carbonyl (C=O) groups excluding carboxylic acids is 1. The number of fused-ring (bicyclic) bond motifs is 3. The van der Waals surface area contributed by atoms with Crippen molar-refractivity contribution in [2.45, 2.75) is 69.1 Å². The Hall–Kier alpha value is -1.77. The lowest BCUT2D eigenvalue weighted by Gasteiger charge is -2.32. The lowest BCUT2D eigenvalue weighted by Crippen LogP contribution is -2.35. The van der Waals surface area contributed by atoms with Crippen LogP contribution in [0.1, 0.15) is 54.9 Å². The first-order valence-corrected chi connectivity index (χ1v) is 11.2. The Morgan fingerprint density at radius 1 is 1.28 bits per heavy atom. The van der Waals surface area contributed by atoms with E-state index in [1.54, 1.807) is 24.8 Å². The molecule has 0 aromatic carbocycles. The molecule has 2 N–H and O–H groups in total.